The van der Waals surface area contributed by atoms with E-state index in [1.165, 1.54) is 6.07 Å². The van der Waals surface area contributed by atoms with Crippen molar-refractivity contribution >= 4 is 15.9 Å². The Bertz CT molecular complexity index is 378. The normalized spacial score (nSPS) is 24.6. The molecular formula is C11H12BrFO. The molecular weight excluding hydrogens is 247 g/mol. The van der Waals surface area contributed by atoms with E-state index in [0.29, 0.717) is 12.4 Å². The van der Waals surface area contributed by atoms with Gasteiger partial charge in [-0.05, 0) is 18.6 Å². The molecule has 0 radical (unpaired) electrons. The molecule has 1 aromatic carbocycles. The van der Waals surface area contributed by atoms with Crippen molar-refractivity contribution in [3.05, 3.63) is 28.0 Å². The SMILES string of the molecule is CCC1(C)COc2c(F)cc(Br)cc21. The molecule has 1 atom stereocenters. The molecule has 0 amide bonds. The highest BCUT2D eigenvalue weighted by Gasteiger charge is 2.36. The molecule has 0 aliphatic carbocycles. The zero-order valence-electron chi connectivity index (χ0n) is 8.23. The van der Waals surface area contributed by atoms with Gasteiger partial charge in [-0.25, -0.2) is 4.39 Å². The van der Waals surface area contributed by atoms with Gasteiger partial charge in [0, 0.05) is 15.5 Å². The van der Waals surface area contributed by atoms with Crippen molar-refractivity contribution in [2.24, 2.45) is 0 Å². The average Bonchev–Trinajstić information content (AvgIpc) is 2.46. The number of hydrogen-bond acceptors (Lipinski definition) is 1. The first-order valence-corrected chi connectivity index (χ1v) is 5.48. The van der Waals surface area contributed by atoms with Crippen LogP contribution in [0.1, 0.15) is 25.8 Å². The van der Waals surface area contributed by atoms with E-state index in [1.54, 1.807) is 0 Å². The van der Waals surface area contributed by atoms with Crippen LogP contribution in [0.4, 0.5) is 4.39 Å². The maximum absolute atomic E-state index is 13.5. The van der Waals surface area contributed by atoms with Crippen LogP contribution in [0.25, 0.3) is 0 Å². The summed E-state index contributed by atoms with van der Waals surface area (Å²) in [7, 11) is 0. The Labute approximate surface area is 91.4 Å². The van der Waals surface area contributed by atoms with Crippen LogP contribution in [0, 0.1) is 5.82 Å². The Morgan fingerprint density at radius 1 is 1.57 bits per heavy atom. The summed E-state index contributed by atoms with van der Waals surface area (Å²) in [5.41, 5.74) is 0.937. The van der Waals surface area contributed by atoms with Gasteiger partial charge in [0.1, 0.15) is 0 Å². The van der Waals surface area contributed by atoms with E-state index < -0.39 is 0 Å². The van der Waals surface area contributed by atoms with Crippen molar-refractivity contribution in [2.45, 2.75) is 25.7 Å². The first-order chi connectivity index (χ1) is 6.57. The molecule has 1 nitrogen and oxygen atoms in total. The number of halogens is 2. The van der Waals surface area contributed by atoms with Crippen LogP contribution in [-0.2, 0) is 5.41 Å². The standard InChI is InChI=1S/C11H12BrFO/c1-3-11(2)6-14-10-8(11)4-7(12)5-9(10)13/h4-5H,3,6H2,1-2H3. The molecule has 1 aromatic rings. The number of benzene rings is 1. The largest absolute Gasteiger partial charge is 0.489 e. The lowest BCUT2D eigenvalue weighted by Gasteiger charge is -2.19. The Morgan fingerprint density at radius 3 is 2.93 bits per heavy atom. The molecule has 1 heterocycles. The first-order valence-electron chi connectivity index (χ1n) is 4.69. The summed E-state index contributed by atoms with van der Waals surface area (Å²) in [5.74, 6) is 0.157. The van der Waals surface area contributed by atoms with E-state index >= 15 is 0 Å². The Hall–Kier alpha value is -0.570. The molecule has 0 N–H and O–H groups in total. The van der Waals surface area contributed by atoms with E-state index in [1.807, 2.05) is 6.07 Å². The second kappa shape index (κ2) is 3.23. The van der Waals surface area contributed by atoms with Crippen LogP contribution >= 0.6 is 15.9 Å². The Balaban J connectivity index is 2.60. The maximum atomic E-state index is 13.5. The highest BCUT2D eigenvalue weighted by Crippen LogP contribution is 2.43. The molecule has 1 aliphatic rings. The molecule has 76 valence electrons. The van der Waals surface area contributed by atoms with Gasteiger partial charge >= 0.3 is 0 Å². The summed E-state index contributed by atoms with van der Waals surface area (Å²) >= 11 is 3.30. The van der Waals surface area contributed by atoms with Gasteiger partial charge in [-0.3, -0.25) is 0 Å². The van der Waals surface area contributed by atoms with E-state index in [4.69, 9.17) is 4.74 Å². The average molecular weight is 259 g/mol. The fourth-order valence-corrected chi connectivity index (χ4v) is 2.19. The molecule has 1 aliphatic heterocycles. The number of hydrogen-bond donors (Lipinski definition) is 0. The molecule has 3 heteroatoms. The minimum absolute atomic E-state index is 0.0417. The summed E-state index contributed by atoms with van der Waals surface area (Å²) in [4.78, 5) is 0. The van der Waals surface area contributed by atoms with Crippen LogP contribution in [0.3, 0.4) is 0 Å². The molecule has 0 saturated heterocycles. The molecule has 1 unspecified atom stereocenters. The minimum Gasteiger partial charge on any atom is -0.489 e. The molecule has 14 heavy (non-hydrogen) atoms. The van der Waals surface area contributed by atoms with Gasteiger partial charge in [0.05, 0.1) is 6.61 Å². The summed E-state index contributed by atoms with van der Waals surface area (Å²) in [6.07, 6.45) is 0.954. The predicted molar refractivity (Wildman–Crippen MR) is 57.2 cm³/mol. The van der Waals surface area contributed by atoms with Gasteiger partial charge in [-0.15, -0.1) is 0 Å². The van der Waals surface area contributed by atoms with E-state index in [9.17, 15) is 4.39 Å². The second-order valence-corrected chi connectivity index (χ2v) is 4.88. The van der Waals surface area contributed by atoms with Crippen molar-refractivity contribution in [2.75, 3.05) is 6.61 Å². The van der Waals surface area contributed by atoms with Gasteiger partial charge in [-0.1, -0.05) is 29.8 Å². The van der Waals surface area contributed by atoms with Crippen molar-refractivity contribution in [1.82, 2.24) is 0 Å². The second-order valence-electron chi connectivity index (χ2n) is 3.97. The van der Waals surface area contributed by atoms with Crippen molar-refractivity contribution in [3.8, 4) is 5.75 Å². The third-order valence-corrected chi connectivity index (χ3v) is 3.43. The van der Waals surface area contributed by atoms with E-state index in [-0.39, 0.29) is 11.2 Å². The quantitative estimate of drug-likeness (QED) is 0.748. The van der Waals surface area contributed by atoms with Crippen LogP contribution in [0.15, 0.2) is 16.6 Å². The van der Waals surface area contributed by atoms with Gasteiger partial charge < -0.3 is 4.74 Å². The Morgan fingerprint density at radius 2 is 2.29 bits per heavy atom. The highest BCUT2D eigenvalue weighted by molar-refractivity contribution is 9.10. The third kappa shape index (κ3) is 1.34. The van der Waals surface area contributed by atoms with E-state index in [2.05, 4.69) is 29.8 Å². The van der Waals surface area contributed by atoms with Crippen LogP contribution < -0.4 is 4.74 Å². The zero-order valence-corrected chi connectivity index (χ0v) is 9.82. The molecule has 0 spiro atoms. The minimum atomic E-state index is -0.272. The first kappa shape index (κ1) is 9.97. The lowest BCUT2D eigenvalue weighted by molar-refractivity contribution is 0.266. The van der Waals surface area contributed by atoms with Gasteiger partial charge in [-0.2, -0.15) is 0 Å². The topological polar surface area (TPSA) is 9.23 Å². The van der Waals surface area contributed by atoms with E-state index in [0.717, 1.165) is 16.5 Å². The van der Waals surface area contributed by atoms with Crippen LogP contribution in [-0.4, -0.2) is 6.61 Å². The predicted octanol–water partition coefficient (Wildman–Crippen LogP) is 3.65. The number of rotatable bonds is 1. The third-order valence-electron chi connectivity index (χ3n) is 2.97. The van der Waals surface area contributed by atoms with Gasteiger partial charge in [0.25, 0.3) is 0 Å². The fourth-order valence-electron chi connectivity index (χ4n) is 1.76. The lowest BCUT2D eigenvalue weighted by atomic mass is 9.82. The van der Waals surface area contributed by atoms with Crippen molar-refractivity contribution in [1.29, 1.82) is 0 Å². The lowest BCUT2D eigenvalue weighted by Crippen LogP contribution is -2.22. The van der Waals surface area contributed by atoms with Gasteiger partial charge in [0.2, 0.25) is 0 Å². The molecule has 0 fully saturated rings. The fraction of sp³-hybridized carbons (Fsp3) is 0.455. The summed E-state index contributed by atoms with van der Waals surface area (Å²) in [6, 6.07) is 3.40. The molecule has 0 aromatic heterocycles. The van der Waals surface area contributed by atoms with Gasteiger partial charge in [0.15, 0.2) is 11.6 Å². The van der Waals surface area contributed by atoms with Crippen molar-refractivity contribution in [3.63, 3.8) is 0 Å². The number of fused-ring (bicyclic) bond motifs is 1. The highest BCUT2D eigenvalue weighted by atomic mass is 79.9. The monoisotopic (exact) mass is 258 g/mol. The number of ether oxygens (including phenoxy) is 1. The molecule has 2 rings (SSSR count). The molecule has 0 bridgehead atoms. The molecule has 0 saturated carbocycles. The van der Waals surface area contributed by atoms with Crippen LogP contribution in [0.5, 0.6) is 5.75 Å². The summed E-state index contributed by atoms with van der Waals surface area (Å²) < 4.78 is 19.6. The summed E-state index contributed by atoms with van der Waals surface area (Å²) in [5, 5.41) is 0. The maximum Gasteiger partial charge on any atom is 0.166 e. The summed E-state index contributed by atoms with van der Waals surface area (Å²) in [6.45, 7) is 4.77. The van der Waals surface area contributed by atoms with Crippen LogP contribution in [0.2, 0.25) is 0 Å². The Kier molecular flexibility index (Phi) is 2.30. The zero-order chi connectivity index (χ0) is 10.3. The van der Waals surface area contributed by atoms with Crippen molar-refractivity contribution < 1.29 is 9.13 Å². The smallest absolute Gasteiger partial charge is 0.166 e.